The molecule has 10 nitrogen and oxygen atoms in total. The van der Waals surface area contributed by atoms with Gasteiger partial charge in [0.2, 0.25) is 5.91 Å². The number of non-ortho nitro benzene ring substituents is 1. The number of methoxy groups -OCH3 is 1. The minimum absolute atomic E-state index is 0.00187. The molecule has 41 heavy (non-hydrogen) atoms. The van der Waals surface area contributed by atoms with Crippen LogP contribution in [0.5, 0.6) is 5.75 Å². The number of nitro groups is 1. The lowest BCUT2D eigenvalue weighted by molar-refractivity contribution is -0.384. The third-order valence-corrected chi connectivity index (χ3v) is 7.21. The Morgan fingerprint density at radius 1 is 1.07 bits per heavy atom. The lowest BCUT2D eigenvalue weighted by Gasteiger charge is -2.29. The predicted octanol–water partition coefficient (Wildman–Crippen LogP) is 5.95. The van der Waals surface area contributed by atoms with E-state index in [0.717, 1.165) is 17.1 Å². The van der Waals surface area contributed by atoms with Crippen LogP contribution in [0.15, 0.2) is 85.2 Å². The SMILES string of the molecule is COc1cc(N2C(=S)N[C@@H](c3ccccn3)[C@H]2c2cccn2-c2cccc([N+](=O)[O-])c2)ccc1NC(=O)C(C)(C)C. The molecular formula is C30H30N6O4S. The van der Waals surface area contributed by atoms with Crippen LogP contribution in [0.25, 0.3) is 5.69 Å². The molecule has 0 saturated carbocycles. The molecular weight excluding hydrogens is 540 g/mol. The molecule has 1 fully saturated rings. The zero-order chi connectivity index (χ0) is 29.3. The highest BCUT2D eigenvalue weighted by molar-refractivity contribution is 7.80. The fourth-order valence-electron chi connectivity index (χ4n) is 4.80. The Labute approximate surface area is 243 Å². The van der Waals surface area contributed by atoms with Gasteiger partial charge in [0.25, 0.3) is 5.69 Å². The van der Waals surface area contributed by atoms with E-state index in [9.17, 15) is 14.9 Å². The van der Waals surface area contributed by atoms with Gasteiger partial charge in [0.1, 0.15) is 11.8 Å². The van der Waals surface area contributed by atoms with E-state index < -0.39 is 10.3 Å². The van der Waals surface area contributed by atoms with E-state index in [1.165, 1.54) is 6.07 Å². The number of thiocarbonyl (C=S) groups is 1. The number of pyridine rings is 1. The van der Waals surface area contributed by atoms with Crippen LogP contribution < -0.4 is 20.3 Å². The highest BCUT2D eigenvalue weighted by atomic mass is 32.1. The van der Waals surface area contributed by atoms with Crippen molar-refractivity contribution < 1.29 is 14.5 Å². The summed E-state index contributed by atoms with van der Waals surface area (Å²) in [4.78, 5) is 30.4. The number of benzene rings is 2. The van der Waals surface area contributed by atoms with Gasteiger partial charge in [0.15, 0.2) is 5.11 Å². The lowest BCUT2D eigenvalue weighted by Crippen LogP contribution is -2.30. The summed E-state index contributed by atoms with van der Waals surface area (Å²) < 4.78 is 7.60. The van der Waals surface area contributed by atoms with Crippen molar-refractivity contribution in [3.8, 4) is 11.4 Å². The maximum atomic E-state index is 12.7. The molecule has 1 saturated heterocycles. The van der Waals surface area contributed by atoms with Crippen LogP contribution in [0.1, 0.15) is 44.2 Å². The van der Waals surface area contributed by atoms with E-state index in [2.05, 4.69) is 15.6 Å². The highest BCUT2D eigenvalue weighted by Crippen LogP contribution is 2.44. The summed E-state index contributed by atoms with van der Waals surface area (Å²) in [5.41, 5.74) is 2.99. The number of amides is 1. The van der Waals surface area contributed by atoms with Crippen LogP contribution in [-0.4, -0.2) is 32.6 Å². The number of carbonyl (C=O) groups excluding carboxylic acids is 1. The van der Waals surface area contributed by atoms with Crippen LogP contribution in [0.4, 0.5) is 17.1 Å². The van der Waals surface area contributed by atoms with Crippen LogP contribution in [0.2, 0.25) is 0 Å². The molecule has 210 valence electrons. The van der Waals surface area contributed by atoms with Gasteiger partial charge < -0.3 is 24.8 Å². The molecule has 5 rings (SSSR count). The number of nitro benzene ring substituents is 1. The first kappa shape index (κ1) is 27.8. The molecule has 2 N–H and O–H groups in total. The fraction of sp³-hybridized carbons (Fsp3) is 0.233. The van der Waals surface area contributed by atoms with Gasteiger partial charge in [0.05, 0.1) is 35.1 Å². The van der Waals surface area contributed by atoms with Crippen molar-refractivity contribution >= 4 is 40.3 Å². The molecule has 3 heterocycles. The van der Waals surface area contributed by atoms with E-state index in [4.69, 9.17) is 17.0 Å². The molecule has 1 aliphatic rings. The topological polar surface area (TPSA) is 115 Å². The number of ether oxygens (including phenoxy) is 1. The summed E-state index contributed by atoms with van der Waals surface area (Å²) in [7, 11) is 1.55. The second-order valence-corrected chi connectivity index (χ2v) is 11.1. The quantitative estimate of drug-likeness (QED) is 0.159. The van der Waals surface area contributed by atoms with Gasteiger partial charge >= 0.3 is 0 Å². The van der Waals surface area contributed by atoms with Crippen molar-refractivity contribution in [2.24, 2.45) is 5.41 Å². The Balaban J connectivity index is 1.62. The average molecular weight is 571 g/mol. The van der Waals surface area contributed by atoms with Crippen LogP contribution in [0.3, 0.4) is 0 Å². The number of nitrogens with zero attached hydrogens (tertiary/aromatic N) is 4. The summed E-state index contributed by atoms with van der Waals surface area (Å²) in [6.07, 6.45) is 3.60. The summed E-state index contributed by atoms with van der Waals surface area (Å²) in [6, 6.07) is 20.9. The first-order valence-corrected chi connectivity index (χ1v) is 13.4. The normalized spacial score (nSPS) is 16.8. The molecule has 2 atom stereocenters. The minimum Gasteiger partial charge on any atom is -0.494 e. The van der Waals surface area contributed by atoms with E-state index in [0.29, 0.717) is 22.2 Å². The summed E-state index contributed by atoms with van der Waals surface area (Å²) in [5.74, 6) is 0.349. The second-order valence-electron chi connectivity index (χ2n) is 10.7. The highest BCUT2D eigenvalue weighted by Gasteiger charge is 2.42. The number of nitrogens with one attached hydrogen (secondary N) is 2. The van der Waals surface area contributed by atoms with E-state index >= 15 is 0 Å². The van der Waals surface area contributed by atoms with Gasteiger partial charge in [0, 0.05) is 47.4 Å². The molecule has 4 aromatic rings. The fourth-order valence-corrected chi connectivity index (χ4v) is 5.15. The molecule has 0 bridgehead atoms. The van der Waals surface area contributed by atoms with Gasteiger partial charge in [-0.1, -0.05) is 32.9 Å². The lowest BCUT2D eigenvalue weighted by atomic mass is 9.95. The largest absolute Gasteiger partial charge is 0.494 e. The smallest absolute Gasteiger partial charge is 0.271 e. The molecule has 1 aliphatic heterocycles. The average Bonchev–Trinajstić information content (AvgIpc) is 3.57. The Morgan fingerprint density at radius 3 is 2.56 bits per heavy atom. The molecule has 2 aromatic heterocycles. The standard InChI is InChI=1S/C30H30N6O4S/c1-30(2,3)28(37)32-22-14-13-20(18-25(22)40-4)35-27(26(33-29(35)41)23-11-5-6-15-31-23)24-12-8-16-34(24)19-9-7-10-21(17-19)36(38)39/h5-18,26-27H,1-4H3,(H,32,37)(H,33,41)/t26-,27+/m0/s1. The summed E-state index contributed by atoms with van der Waals surface area (Å²) in [5, 5.41) is 18.4. The van der Waals surface area contributed by atoms with Gasteiger partial charge in [-0.05, 0) is 54.7 Å². The van der Waals surface area contributed by atoms with Crippen LogP contribution in [-0.2, 0) is 4.79 Å². The van der Waals surface area contributed by atoms with Gasteiger partial charge in [-0.25, -0.2) is 0 Å². The van der Waals surface area contributed by atoms with Gasteiger partial charge in [-0.2, -0.15) is 0 Å². The van der Waals surface area contributed by atoms with Gasteiger partial charge in [-0.3, -0.25) is 19.9 Å². The Hall–Kier alpha value is -4.77. The van der Waals surface area contributed by atoms with Crippen molar-refractivity contribution in [1.82, 2.24) is 14.9 Å². The zero-order valence-corrected chi connectivity index (χ0v) is 23.9. The predicted molar refractivity (Wildman–Crippen MR) is 161 cm³/mol. The number of rotatable bonds is 7. The minimum atomic E-state index is -0.580. The Morgan fingerprint density at radius 2 is 1.88 bits per heavy atom. The number of hydrogen-bond donors (Lipinski definition) is 2. The van der Waals surface area contributed by atoms with Crippen molar-refractivity contribution in [3.05, 3.63) is 107 Å². The molecule has 1 amide bonds. The van der Waals surface area contributed by atoms with Crippen molar-refractivity contribution in [2.45, 2.75) is 32.9 Å². The van der Waals surface area contributed by atoms with E-state index in [1.807, 2.05) is 85.0 Å². The first-order valence-electron chi connectivity index (χ1n) is 13.0. The third-order valence-electron chi connectivity index (χ3n) is 6.89. The number of anilines is 2. The number of aromatic nitrogens is 2. The maximum Gasteiger partial charge on any atom is 0.271 e. The monoisotopic (exact) mass is 570 g/mol. The second kappa shape index (κ2) is 11.0. The number of hydrogen-bond acceptors (Lipinski definition) is 6. The van der Waals surface area contributed by atoms with E-state index in [-0.39, 0.29) is 23.7 Å². The first-order chi connectivity index (χ1) is 19.6. The maximum absolute atomic E-state index is 12.7. The molecule has 0 aliphatic carbocycles. The Kier molecular flexibility index (Phi) is 7.46. The van der Waals surface area contributed by atoms with Gasteiger partial charge in [-0.15, -0.1) is 0 Å². The summed E-state index contributed by atoms with van der Waals surface area (Å²) >= 11 is 5.87. The summed E-state index contributed by atoms with van der Waals surface area (Å²) in [6.45, 7) is 5.53. The number of carbonyl (C=O) groups is 1. The molecule has 0 radical (unpaired) electrons. The molecule has 11 heteroatoms. The van der Waals surface area contributed by atoms with Crippen molar-refractivity contribution in [2.75, 3.05) is 17.3 Å². The van der Waals surface area contributed by atoms with Crippen LogP contribution in [0, 0.1) is 15.5 Å². The molecule has 0 spiro atoms. The zero-order valence-electron chi connectivity index (χ0n) is 23.1. The van der Waals surface area contributed by atoms with Crippen LogP contribution >= 0.6 is 12.2 Å². The third kappa shape index (κ3) is 5.48. The van der Waals surface area contributed by atoms with E-state index in [1.54, 1.807) is 31.5 Å². The van der Waals surface area contributed by atoms with Crippen molar-refractivity contribution in [3.63, 3.8) is 0 Å². The van der Waals surface area contributed by atoms with Crippen molar-refractivity contribution in [1.29, 1.82) is 0 Å². The molecule has 0 unspecified atom stereocenters. The molecule has 2 aromatic carbocycles. The Bertz CT molecular complexity index is 1610.